The number of aryl methyl sites for hydroxylation is 1. The van der Waals surface area contributed by atoms with Gasteiger partial charge in [0.05, 0.1) is 5.75 Å². The van der Waals surface area contributed by atoms with Crippen molar-refractivity contribution in [1.82, 2.24) is 4.31 Å². The highest BCUT2D eigenvalue weighted by Gasteiger charge is 2.45. The number of fused-ring (bicyclic) bond motifs is 2. The molecule has 2 heterocycles. The van der Waals surface area contributed by atoms with Crippen LogP contribution in [0.2, 0.25) is 0 Å². The Morgan fingerprint density at radius 1 is 1.10 bits per heavy atom. The van der Waals surface area contributed by atoms with Crippen LogP contribution < -0.4 is 5.73 Å². The highest BCUT2D eigenvalue weighted by atomic mass is 32.2. The van der Waals surface area contributed by atoms with E-state index in [1.807, 2.05) is 34.6 Å². The van der Waals surface area contributed by atoms with Crippen molar-refractivity contribution in [2.45, 2.75) is 44.2 Å². The number of piperidine rings is 1. The van der Waals surface area contributed by atoms with Crippen LogP contribution >= 0.6 is 0 Å². The SMILES string of the molecule is NC[C@@H]1C[C@H]2CC[C@@H](C1)N2S(=O)(=O)CCc1ccccc1. The molecule has 2 bridgehead atoms. The minimum Gasteiger partial charge on any atom is -0.330 e. The maximum atomic E-state index is 12.7. The van der Waals surface area contributed by atoms with E-state index in [0.29, 0.717) is 18.9 Å². The van der Waals surface area contributed by atoms with Gasteiger partial charge in [-0.2, -0.15) is 4.31 Å². The Hall–Kier alpha value is -0.910. The second-order valence-electron chi connectivity index (χ2n) is 6.34. The van der Waals surface area contributed by atoms with Crippen LogP contribution in [0.5, 0.6) is 0 Å². The van der Waals surface area contributed by atoms with Gasteiger partial charge >= 0.3 is 0 Å². The summed E-state index contributed by atoms with van der Waals surface area (Å²) in [7, 11) is -3.16. The molecular formula is C16H24N2O2S. The van der Waals surface area contributed by atoms with Crippen LogP contribution in [-0.2, 0) is 16.4 Å². The van der Waals surface area contributed by atoms with E-state index in [1.165, 1.54) is 0 Å². The molecule has 0 amide bonds. The molecule has 0 radical (unpaired) electrons. The van der Waals surface area contributed by atoms with Gasteiger partial charge in [-0.1, -0.05) is 30.3 Å². The maximum absolute atomic E-state index is 12.7. The number of hydrogen-bond acceptors (Lipinski definition) is 3. The van der Waals surface area contributed by atoms with E-state index in [-0.39, 0.29) is 17.8 Å². The third kappa shape index (κ3) is 3.15. The quantitative estimate of drug-likeness (QED) is 0.901. The highest BCUT2D eigenvalue weighted by molar-refractivity contribution is 7.89. The zero-order valence-electron chi connectivity index (χ0n) is 12.3. The Bertz CT molecular complexity index is 559. The van der Waals surface area contributed by atoms with Crippen LogP contribution in [0.1, 0.15) is 31.2 Å². The summed E-state index contributed by atoms with van der Waals surface area (Å²) in [5.41, 5.74) is 6.86. The van der Waals surface area contributed by atoms with Gasteiger partial charge in [0.15, 0.2) is 0 Å². The molecule has 1 aromatic rings. The Balaban J connectivity index is 1.68. The summed E-state index contributed by atoms with van der Waals surface area (Å²) in [6.07, 6.45) is 4.49. The lowest BCUT2D eigenvalue weighted by molar-refractivity contribution is 0.194. The fourth-order valence-electron chi connectivity index (χ4n) is 3.89. The van der Waals surface area contributed by atoms with Crippen molar-refractivity contribution in [3.05, 3.63) is 35.9 Å². The molecule has 2 saturated heterocycles. The molecule has 0 unspecified atom stereocenters. The topological polar surface area (TPSA) is 63.4 Å². The van der Waals surface area contributed by atoms with Gasteiger partial charge in [0.1, 0.15) is 0 Å². The smallest absolute Gasteiger partial charge is 0.214 e. The number of hydrogen-bond donors (Lipinski definition) is 1. The van der Waals surface area contributed by atoms with E-state index in [2.05, 4.69) is 0 Å². The van der Waals surface area contributed by atoms with Crippen LogP contribution in [0, 0.1) is 5.92 Å². The monoisotopic (exact) mass is 308 g/mol. The van der Waals surface area contributed by atoms with E-state index < -0.39 is 10.0 Å². The first kappa shape index (κ1) is 15.0. The van der Waals surface area contributed by atoms with Crippen LogP contribution in [0.3, 0.4) is 0 Å². The Morgan fingerprint density at radius 3 is 2.29 bits per heavy atom. The molecule has 0 saturated carbocycles. The zero-order chi connectivity index (χ0) is 14.9. The molecule has 3 rings (SSSR count). The molecule has 2 fully saturated rings. The fraction of sp³-hybridized carbons (Fsp3) is 0.625. The molecule has 1 aromatic carbocycles. The van der Waals surface area contributed by atoms with Crippen LogP contribution in [-0.4, -0.2) is 37.1 Å². The second-order valence-corrected chi connectivity index (χ2v) is 8.33. The van der Waals surface area contributed by atoms with Crippen molar-refractivity contribution < 1.29 is 8.42 Å². The molecule has 3 atom stereocenters. The summed E-state index contributed by atoms with van der Waals surface area (Å²) >= 11 is 0. The molecule has 5 heteroatoms. The standard InChI is InChI=1S/C16H24N2O2S/c17-12-14-10-15-6-7-16(11-14)18(15)21(19,20)9-8-13-4-2-1-3-5-13/h1-5,14-16H,6-12,17H2/t14-,15-,16+. The van der Waals surface area contributed by atoms with E-state index in [1.54, 1.807) is 0 Å². The highest BCUT2D eigenvalue weighted by Crippen LogP contribution is 2.40. The number of nitrogens with two attached hydrogens (primary N) is 1. The van der Waals surface area contributed by atoms with E-state index in [0.717, 1.165) is 31.2 Å². The number of sulfonamides is 1. The van der Waals surface area contributed by atoms with Gasteiger partial charge in [0.2, 0.25) is 10.0 Å². The average molecular weight is 308 g/mol. The van der Waals surface area contributed by atoms with Crippen LogP contribution in [0.25, 0.3) is 0 Å². The predicted molar refractivity (Wildman–Crippen MR) is 84.4 cm³/mol. The van der Waals surface area contributed by atoms with Crippen molar-refractivity contribution in [2.24, 2.45) is 11.7 Å². The molecule has 4 nitrogen and oxygen atoms in total. The molecule has 0 spiro atoms. The van der Waals surface area contributed by atoms with Crippen LogP contribution in [0.4, 0.5) is 0 Å². The minimum atomic E-state index is -3.16. The van der Waals surface area contributed by atoms with Gasteiger partial charge in [-0.15, -0.1) is 0 Å². The number of benzene rings is 1. The van der Waals surface area contributed by atoms with Gasteiger partial charge in [-0.3, -0.25) is 0 Å². The Morgan fingerprint density at radius 2 is 1.71 bits per heavy atom. The van der Waals surface area contributed by atoms with E-state index in [9.17, 15) is 8.42 Å². The molecule has 0 aliphatic carbocycles. The van der Waals surface area contributed by atoms with Crippen molar-refractivity contribution >= 4 is 10.0 Å². The number of rotatable bonds is 5. The zero-order valence-corrected chi connectivity index (χ0v) is 13.1. The molecule has 0 aromatic heterocycles. The first-order chi connectivity index (χ1) is 10.1. The summed E-state index contributed by atoms with van der Waals surface area (Å²) in [5.74, 6) is 0.722. The first-order valence-electron chi connectivity index (χ1n) is 7.85. The number of nitrogens with zero attached hydrogens (tertiary/aromatic N) is 1. The van der Waals surface area contributed by atoms with Crippen molar-refractivity contribution in [3.63, 3.8) is 0 Å². The van der Waals surface area contributed by atoms with Gasteiger partial charge in [0.25, 0.3) is 0 Å². The second kappa shape index (κ2) is 6.07. The molecule has 2 aliphatic heterocycles. The third-order valence-electron chi connectivity index (χ3n) is 4.91. The fourth-order valence-corrected chi connectivity index (χ4v) is 5.89. The summed E-state index contributed by atoms with van der Waals surface area (Å²) in [4.78, 5) is 0. The lowest BCUT2D eigenvalue weighted by Crippen LogP contribution is -2.48. The summed E-state index contributed by atoms with van der Waals surface area (Å²) in [5, 5.41) is 0. The van der Waals surface area contributed by atoms with Gasteiger partial charge < -0.3 is 5.73 Å². The average Bonchev–Trinajstić information content (AvgIpc) is 2.78. The van der Waals surface area contributed by atoms with Crippen molar-refractivity contribution in [1.29, 1.82) is 0 Å². The minimum absolute atomic E-state index is 0.193. The van der Waals surface area contributed by atoms with Crippen molar-refractivity contribution in [3.8, 4) is 0 Å². The lowest BCUT2D eigenvalue weighted by Gasteiger charge is -2.37. The largest absolute Gasteiger partial charge is 0.330 e. The molecule has 116 valence electrons. The third-order valence-corrected chi connectivity index (χ3v) is 6.87. The normalized spacial score (nSPS) is 29.7. The first-order valence-corrected chi connectivity index (χ1v) is 9.46. The molecule has 2 N–H and O–H groups in total. The Labute approximate surface area is 127 Å². The van der Waals surface area contributed by atoms with Gasteiger partial charge in [0, 0.05) is 12.1 Å². The van der Waals surface area contributed by atoms with Crippen LogP contribution in [0.15, 0.2) is 30.3 Å². The molecular weight excluding hydrogens is 284 g/mol. The maximum Gasteiger partial charge on any atom is 0.214 e. The van der Waals surface area contributed by atoms with E-state index in [4.69, 9.17) is 5.73 Å². The molecule has 2 aliphatic rings. The van der Waals surface area contributed by atoms with Crippen molar-refractivity contribution in [2.75, 3.05) is 12.3 Å². The summed E-state index contributed by atoms with van der Waals surface area (Å²) in [6.45, 7) is 0.685. The van der Waals surface area contributed by atoms with Gasteiger partial charge in [-0.05, 0) is 50.1 Å². The summed E-state index contributed by atoms with van der Waals surface area (Å²) < 4.78 is 27.2. The van der Waals surface area contributed by atoms with Gasteiger partial charge in [-0.25, -0.2) is 8.42 Å². The predicted octanol–water partition coefficient (Wildman–Crippen LogP) is 1.76. The lowest BCUT2D eigenvalue weighted by atomic mass is 9.93. The van der Waals surface area contributed by atoms with E-state index >= 15 is 0 Å². The molecule has 21 heavy (non-hydrogen) atoms. The summed E-state index contributed by atoms with van der Waals surface area (Å²) in [6, 6.07) is 10.2. The Kier molecular flexibility index (Phi) is 4.33.